The number of rotatable bonds is 2. The Morgan fingerprint density at radius 1 is 1.50 bits per heavy atom. The van der Waals surface area contributed by atoms with Crippen molar-refractivity contribution in [3.8, 4) is 0 Å². The lowest BCUT2D eigenvalue weighted by Gasteiger charge is -2.35. The van der Waals surface area contributed by atoms with Gasteiger partial charge in [0.2, 0.25) is 0 Å². The van der Waals surface area contributed by atoms with Crippen molar-refractivity contribution in [1.82, 2.24) is 0 Å². The number of alkyl halides is 3. The highest BCUT2D eigenvalue weighted by molar-refractivity contribution is 5.73. The summed E-state index contributed by atoms with van der Waals surface area (Å²) in [5, 5.41) is 10.8. The van der Waals surface area contributed by atoms with E-state index in [1.54, 1.807) is 0 Å². The molecule has 0 radical (unpaired) electrons. The lowest BCUT2D eigenvalue weighted by Crippen LogP contribution is -2.46. The van der Waals surface area contributed by atoms with E-state index >= 15 is 0 Å². The molecule has 0 aromatic heterocycles. The summed E-state index contributed by atoms with van der Waals surface area (Å²) in [6, 6.07) is 1.82. The minimum atomic E-state index is -4.72. The predicted octanol–water partition coefficient (Wildman–Crippen LogP) is 2.61. The molecule has 10 heteroatoms. The normalized spacial score (nSPS) is 25.3. The quantitative estimate of drug-likeness (QED) is 0.515. The Hall–Kier alpha value is -2.39. The van der Waals surface area contributed by atoms with Crippen LogP contribution in [0.2, 0.25) is 0 Å². The second kappa shape index (κ2) is 5.11. The molecule has 1 aliphatic heterocycles. The Morgan fingerprint density at radius 2 is 2.14 bits per heavy atom. The molecule has 1 aromatic carbocycles. The van der Waals surface area contributed by atoms with Crippen LogP contribution in [0.4, 0.5) is 23.2 Å². The number of ether oxygens (including phenoxy) is 1. The van der Waals surface area contributed by atoms with Crippen LogP contribution in [-0.2, 0) is 10.3 Å². The molecular formula is C12H11F4N3O3. The number of benzene rings is 1. The van der Waals surface area contributed by atoms with Crippen LogP contribution in [-0.4, -0.2) is 23.2 Å². The first-order valence-electron chi connectivity index (χ1n) is 6.06. The topological polar surface area (TPSA) is 90.8 Å². The van der Waals surface area contributed by atoms with E-state index in [1.807, 2.05) is 0 Å². The van der Waals surface area contributed by atoms with E-state index in [0.717, 1.165) is 18.2 Å². The molecule has 0 saturated heterocycles. The summed E-state index contributed by atoms with van der Waals surface area (Å²) in [5.74, 6) is -0.910. The number of nitro benzene ring substituents is 1. The highest BCUT2D eigenvalue weighted by atomic mass is 19.4. The van der Waals surface area contributed by atoms with Crippen LogP contribution in [0.3, 0.4) is 0 Å². The molecule has 1 aliphatic rings. The summed E-state index contributed by atoms with van der Waals surface area (Å²) in [6.07, 6.45) is -7.73. The first kappa shape index (κ1) is 16.0. The first-order valence-corrected chi connectivity index (χ1v) is 6.06. The zero-order chi connectivity index (χ0) is 16.7. The number of amidine groups is 1. The fraction of sp³-hybridized carbons (Fsp3) is 0.417. The Labute approximate surface area is 121 Å². The third-order valence-corrected chi connectivity index (χ3v) is 3.31. The lowest BCUT2D eigenvalue weighted by molar-refractivity contribution is -0.385. The molecule has 2 N–H and O–H groups in total. The van der Waals surface area contributed by atoms with E-state index in [9.17, 15) is 27.7 Å². The number of hydrogen-bond acceptors (Lipinski definition) is 5. The maximum Gasteiger partial charge on any atom is 0.425 e. The number of hydrogen-bond donors (Lipinski definition) is 1. The van der Waals surface area contributed by atoms with E-state index in [0.29, 0.717) is 0 Å². The Morgan fingerprint density at radius 3 is 2.68 bits per heavy atom. The molecule has 0 unspecified atom stereocenters. The number of non-ortho nitro benzene ring substituents is 1. The molecule has 120 valence electrons. The van der Waals surface area contributed by atoms with E-state index in [2.05, 4.69) is 9.73 Å². The zero-order valence-corrected chi connectivity index (χ0v) is 11.2. The van der Waals surface area contributed by atoms with Crippen molar-refractivity contribution in [3.05, 3.63) is 39.7 Å². The molecular weight excluding hydrogens is 310 g/mol. The number of nitrogens with two attached hydrogens (primary N) is 1. The van der Waals surface area contributed by atoms with Crippen LogP contribution in [0.25, 0.3) is 0 Å². The summed E-state index contributed by atoms with van der Waals surface area (Å²) in [7, 11) is 0. The maximum atomic E-state index is 14.0. The summed E-state index contributed by atoms with van der Waals surface area (Å²) < 4.78 is 56.9. The predicted molar refractivity (Wildman–Crippen MR) is 67.6 cm³/mol. The molecule has 22 heavy (non-hydrogen) atoms. The maximum absolute atomic E-state index is 14.0. The van der Waals surface area contributed by atoms with Gasteiger partial charge in [0.25, 0.3) is 11.7 Å². The molecule has 1 heterocycles. The van der Waals surface area contributed by atoms with Crippen molar-refractivity contribution in [2.45, 2.75) is 31.2 Å². The molecule has 2 rings (SSSR count). The van der Waals surface area contributed by atoms with Gasteiger partial charge in [-0.15, -0.1) is 0 Å². The number of aliphatic imine (C=N–C) groups is 1. The Bertz CT molecular complexity index is 647. The van der Waals surface area contributed by atoms with E-state index < -0.39 is 46.7 Å². The van der Waals surface area contributed by atoms with Gasteiger partial charge in [-0.25, -0.2) is 9.38 Å². The van der Waals surface area contributed by atoms with Crippen LogP contribution in [0.1, 0.15) is 18.9 Å². The van der Waals surface area contributed by atoms with Gasteiger partial charge in [-0.1, -0.05) is 0 Å². The first-order chi connectivity index (χ1) is 10.0. The second-order valence-corrected chi connectivity index (χ2v) is 5.00. The zero-order valence-electron chi connectivity index (χ0n) is 11.2. The molecule has 0 saturated carbocycles. The second-order valence-electron chi connectivity index (χ2n) is 5.00. The third-order valence-electron chi connectivity index (χ3n) is 3.31. The van der Waals surface area contributed by atoms with Gasteiger partial charge >= 0.3 is 6.18 Å². The number of halogens is 4. The van der Waals surface area contributed by atoms with Crippen LogP contribution in [0, 0.1) is 15.9 Å². The largest absolute Gasteiger partial charge is 0.452 e. The highest BCUT2D eigenvalue weighted by Gasteiger charge is 2.50. The molecule has 1 aromatic rings. The van der Waals surface area contributed by atoms with Gasteiger partial charge in [-0.3, -0.25) is 10.1 Å². The average molecular weight is 321 g/mol. The summed E-state index contributed by atoms with van der Waals surface area (Å²) >= 11 is 0. The van der Waals surface area contributed by atoms with Crippen molar-refractivity contribution in [1.29, 1.82) is 0 Å². The van der Waals surface area contributed by atoms with Gasteiger partial charge in [0.1, 0.15) is 5.82 Å². The van der Waals surface area contributed by atoms with Crippen molar-refractivity contribution in [3.63, 3.8) is 0 Å². The molecule has 0 amide bonds. The minimum absolute atomic E-state index is 0.345. The molecule has 0 aliphatic carbocycles. The fourth-order valence-corrected chi connectivity index (χ4v) is 2.26. The van der Waals surface area contributed by atoms with E-state index in [1.165, 1.54) is 6.92 Å². The van der Waals surface area contributed by atoms with Crippen LogP contribution >= 0.6 is 0 Å². The van der Waals surface area contributed by atoms with Gasteiger partial charge < -0.3 is 10.5 Å². The Balaban J connectivity index is 2.52. The Kier molecular flexibility index (Phi) is 3.71. The number of nitrogens with zero attached hydrogens (tertiary/aromatic N) is 2. The number of nitro groups is 1. The highest BCUT2D eigenvalue weighted by Crippen LogP contribution is 2.41. The van der Waals surface area contributed by atoms with Crippen molar-refractivity contribution >= 4 is 11.7 Å². The standard InChI is InChI=1S/C12H11F4N3O3/c1-11(5-9(12(14,15)16)22-10(17)18-11)7-4-6(19(20)21)2-3-8(7)13/h2-4,9H,5H2,1H3,(H2,17,18)/t9-,11+/m1/s1. The van der Waals surface area contributed by atoms with Gasteiger partial charge in [-0.2, -0.15) is 13.2 Å². The summed E-state index contributed by atoms with van der Waals surface area (Å²) in [4.78, 5) is 13.7. The van der Waals surface area contributed by atoms with Gasteiger partial charge in [-0.05, 0) is 13.0 Å². The summed E-state index contributed by atoms with van der Waals surface area (Å²) in [6.45, 7) is 1.21. The van der Waals surface area contributed by atoms with Crippen LogP contribution < -0.4 is 5.73 Å². The van der Waals surface area contributed by atoms with E-state index in [4.69, 9.17) is 5.73 Å². The van der Waals surface area contributed by atoms with Gasteiger partial charge in [0.15, 0.2) is 6.10 Å². The lowest BCUT2D eigenvalue weighted by atomic mass is 9.85. The third kappa shape index (κ3) is 2.95. The molecule has 6 nitrogen and oxygen atoms in total. The molecule has 0 spiro atoms. The summed E-state index contributed by atoms with van der Waals surface area (Å²) in [5.41, 5.74) is 2.73. The van der Waals surface area contributed by atoms with Crippen LogP contribution in [0.5, 0.6) is 0 Å². The SMILES string of the molecule is C[C@@]1(c2cc([N+](=O)[O-])ccc2F)C[C@H](C(F)(F)F)OC(N)=N1. The monoisotopic (exact) mass is 321 g/mol. The van der Waals surface area contributed by atoms with Gasteiger partial charge in [0.05, 0.1) is 10.5 Å². The van der Waals surface area contributed by atoms with Crippen molar-refractivity contribution in [2.24, 2.45) is 10.7 Å². The van der Waals surface area contributed by atoms with Gasteiger partial charge in [0, 0.05) is 24.1 Å². The van der Waals surface area contributed by atoms with Crippen molar-refractivity contribution in [2.75, 3.05) is 0 Å². The molecule has 2 atom stereocenters. The van der Waals surface area contributed by atoms with E-state index in [-0.39, 0.29) is 5.56 Å². The van der Waals surface area contributed by atoms with Crippen molar-refractivity contribution < 1.29 is 27.2 Å². The van der Waals surface area contributed by atoms with Crippen LogP contribution in [0.15, 0.2) is 23.2 Å². The minimum Gasteiger partial charge on any atom is -0.452 e. The smallest absolute Gasteiger partial charge is 0.425 e. The molecule has 0 fully saturated rings. The molecule has 0 bridgehead atoms. The fourth-order valence-electron chi connectivity index (χ4n) is 2.26. The average Bonchev–Trinajstić information content (AvgIpc) is 2.36.